The standard InChI is InChI=1S/C19H28N2O7S3/c1-3-9-31(26,27)21-8-5-6-13(11-21)17(22)20-18-16(19(23)28-4-2)14-7-10-30(24,25)12-15(14)29-18/h13H,3-12H2,1-2H3,(H,20,22). The number of hydrogen-bond donors (Lipinski definition) is 1. The lowest BCUT2D eigenvalue weighted by atomic mass is 9.98. The summed E-state index contributed by atoms with van der Waals surface area (Å²) in [6, 6.07) is 0. The number of nitrogens with zero attached hydrogens (tertiary/aromatic N) is 1. The Bertz CT molecular complexity index is 1060. The molecule has 0 aromatic carbocycles. The molecule has 0 spiro atoms. The van der Waals surface area contributed by atoms with E-state index in [0.717, 1.165) is 11.3 Å². The van der Waals surface area contributed by atoms with E-state index in [9.17, 15) is 26.4 Å². The molecule has 12 heteroatoms. The second-order valence-corrected chi connectivity index (χ2v) is 13.2. The van der Waals surface area contributed by atoms with E-state index in [2.05, 4.69) is 5.32 Å². The van der Waals surface area contributed by atoms with Gasteiger partial charge in [-0.15, -0.1) is 11.3 Å². The van der Waals surface area contributed by atoms with Gasteiger partial charge in [-0.05, 0) is 38.2 Å². The van der Waals surface area contributed by atoms with Crippen molar-refractivity contribution in [3.63, 3.8) is 0 Å². The van der Waals surface area contributed by atoms with Crippen molar-refractivity contribution < 1.29 is 31.2 Å². The van der Waals surface area contributed by atoms with E-state index in [1.165, 1.54) is 4.31 Å². The van der Waals surface area contributed by atoms with Crippen molar-refractivity contribution in [3.05, 3.63) is 16.0 Å². The molecule has 174 valence electrons. The fourth-order valence-electron chi connectivity index (χ4n) is 3.94. The van der Waals surface area contributed by atoms with Crippen LogP contribution in [0.1, 0.15) is 53.9 Å². The van der Waals surface area contributed by atoms with Crippen LogP contribution in [0.4, 0.5) is 5.00 Å². The van der Waals surface area contributed by atoms with Crippen molar-refractivity contribution in [1.82, 2.24) is 4.31 Å². The second-order valence-electron chi connectivity index (χ2n) is 7.77. The number of ether oxygens (including phenoxy) is 1. The van der Waals surface area contributed by atoms with Gasteiger partial charge >= 0.3 is 5.97 Å². The highest BCUT2D eigenvalue weighted by atomic mass is 32.2. The number of anilines is 1. The van der Waals surface area contributed by atoms with Gasteiger partial charge in [0.05, 0.1) is 35.3 Å². The van der Waals surface area contributed by atoms with Gasteiger partial charge in [-0.25, -0.2) is 25.9 Å². The van der Waals surface area contributed by atoms with E-state index in [-0.39, 0.29) is 53.3 Å². The van der Waals surface area contributed by atoms with Crippen LogP contribution in [-0.4, -0.2) is 64.2 Å². The minimum Gasteiger partial charge on any atom is -0.462 e. The highest BCUT2D eigenvalue weighted by Crippen LogP contribution is 2.39. The summed E-state index contributed by atoms with van der Waals surface area (Å²) in [4.78, 5) is 26.1. The molecule has 1 atom stereocenters. The number of piperidine rings is 1. The largest absolute Gasteiger partial charge is 0.462 e. The topological polar surface area (TPSA) is 127 Å². The van der Waals surface area contributed by atoms with Crippen molar-refractivity contribution in [2.75, 3.05) is 36.5 Å². The van der Waals surface area contributed by atoms with Crippen LogP contribution in [0.5, 0.6) is 0 Å². The number of sulfone groups is 1. The highest BCUT2D eigenvalue weighted by molar-refractivity contribution is 7.90. The molecule has 2 aliphatic heterocycles. The highest BCUT2D eigenvalue weighted by Gasteiger charge is 2.35. The quantitative estimate of drug-likeness (QED) is 0.575. The molecule has 0 aliphatic carbocycles. The summed E-state index contributed by atoms with van der Waals surface area (Å²) in [6.07, 6.45) is 1.82. The summed E-state index contributed by atoms with van der Waals surface area (Å²) in [5, 5.41) is 3.05. The summed E-state index contributed by atoms with van der Waals surface area (Å²) < 4.78 is 55.3. The Morgan fingerprint density at radius 3 is 2.71 bits per heavy atom. The zero-order chi connectivity index (χ0) is 22.8. The van der Waals surface area contributed by atoms with Gasteiger partial charge in [-0.1, -0.05) is 6.92 Å². The van der Waals surface area contributed by atoms with Crippen LogP contribution < -0.4 is 5.32 Å². The number of amides is 1. The van der Waals surface area contributed by atoms with Crippen molar-refractivity contribution in [1.29, 1.82) is 0 Å². The maximum absolute atomic E-state index is 13.0. The molecule has 1 saturated heterocycles. The molecule has 31 heavy (non-hydrogen) atoms. The molecule has 0 saturated carbocycles. The molecule has 0 bridgehead atoms. The molecule has 3 rings (SSSR count). The third kappa shape index (κ3) is 5.47. The van der Waals surface area contributed by atoms with Crippen LogP contribution in [-0.2, 0) is 41.6 Å². The van der Waals surface area contributed by atoms with Crippen LogP contribution in [0.15, 0.2) is 0 Å². The summed E-state index contributed by atoms with van der Waals surface area (Å²) >= 11 is 1.08. The Kier molecular flexibility index (Phi) is 7.44. The first-order valence-corrected chi connectivity index (χ1v) is 14.6. The van der Waals surface area contributed by atoms with Crippen molar-refractivity contribution >= 4 is 48.1 Å². The first-order chi connectivity index (χ1) is 14.6. The third-order valence-corrected chi connectivity index (χ3v) is 10.4. The molecule has 9 nitrogen and oxygen atoms in total. The molecular weight excluding hydrogens is 464 g/mol. The van der Waals surface area contributed by atoms with Crippen molar-refractivity contribution in [3.8, 4) is 0 Å². The molecule has 1 amide bonds. The third-order valence-electron chi connectivity index (χ3n) is 5.43. The Hall–Kier alpha value is -1.50. The summed E-state index contributed by atoms with van der Waals surface area (Å²) in [5.74, 6) is -1.68. The number of sulfonamides is 1. The number of nitrogens with one attached hydrogen (secondary N) is 1. The van der Waals surface area contributed by atoms with Crippen LogP contribution >= 0.6 is 11.3 Å². The maximum atomic E-state index is 13.0. The zero-order valence-corrected chi connectivity index (χ0v) is 20.1. The number of thiophene rings is 1. The molecule has 1 unspecified atom stereocenters. The Balaban J connectivity index is 1.84. The molecule has 1 N–H and O–H groups in total. The van der Waals surface area contributed by atoms with Gasteiger partial charge in [0.15, 0.2) is 9.84 Å². The predicted molar refractivity (Wildman–Crippen MR) is 118 cm³/mol. The van der Waals surface area contributed by atoms with Crippen LogP contribution in [0.3, 0.4) is 0 Å². The van der Waals surface area contributed by atoms with E-state index < -0.39 is 31.7 Å². The van der Waals surface area contributed by atoms with Crippen LogP contribution in [0, 0.1) is 5.92 Å². The monoisotopic (exact) mass is 492 g/mol. The first-order valence-electron chi connectivity index (χ1n) is 10.4. The first kappa shape index (κ1) is 24.1. The van der Waals surface area contributed by atoms with Crippen LogP contribution in [0.25, 0.3) is 0 Å². The SMILES string of the molecule is CCCS(=O)(=O)N1CCCC(C(=O)Nc2sc3c(c2C(=O)OCC)CCS(=O)(=O)C3)C1. The lowest BCUT2D eigenvalue weighted by molar-refractivity contribution is -0.120. The van der Waals surface area contributed by atoms with Gasteiger partial charge in [-0.2, -0.15) is 0 Å². The molecule has 1 aromatic rings. The Morgan fingerprint density at radius 2 is 2.03 bits per heavy atom. The van der Waals surface area contributed by atoms with Gasteiger partial charge < -0.3 is 10.1 Å². The summed E-state index contributed by atoms with van der Waals surface area (Å²) in [5.41, 5.74) is 0.834. The number of carbonyl (C=O) groups excluding carboxylic acids is 2. The Morgan fingerprint density at radius 1 is 1.29 bits per heavy atom. The number of fused-ring (bicyclic) bond motifs is 1. The van der Waals surface area contributed by atoms with E-state index >= 15 is 0 Å². The number of rotatable bonds is 7. The summed E-state index contributed by atoms with van der Waals surface area (Å²) in [7, 11) is -6.65. The fraction of sp³-hybridized carbons (Fsp3) is 0.684. The van der Waals surface area contributed by atoms with Crippen molar-refractivity contribution in [2.24, 2.45) is 5.92 Å². The van der Waals surface area contributed by atoms with E-state index in [4.69, 9.17) is 4.74 Å². The molecule has 1 aromatic heterocycles. The predicted octanol–water partition coefficient (Wildman–Crippen LogP) is 1.79. The van der Waals surface area contributed by atoms with E-state index in [1.54, 1.807) is 13.8 Å². The Labute approximate surface area is 187 Å². The molecule has 2 aliphatic rings. The summed E-state index contributed by atoms with van der Waals surface area (Å²) in [6.45, 7) is 4.11. The van der Waals surface area contributed by atoms with Crippen LogP contribution in [0.2, 0.25) is 0 Å². The molecule has 1 fully saturated rings. The second kappa shape index (κ2) is 9.55. The average Bonchev–Trinajstić information content (AvgIpc) is 3.04. The smallest absolute Gasteiger partial charge is 0.341 e. The van der Waals surface area contributed by atoms with E-state index in [1.807, 2.05) is 0 Å². The number of carbonyl (C=O) groups is 2. The molecule has 3 heterocycles. The van der Waals surface area contributed by atoms with Crippen molar-refractivity contribution in [2.45, 2.75) is 45.3 Å². The minimum atomic E-state index is -3.40. The van der Waals surface area contributed by atoms with Gasteiger partial charge in [0, 0.05) is 18.0 Å². The van der Waals surface area contributed by atoms with Gasteiger partial charge in [0.1, 0.15) is 5.00 Å². The zero-order valence-electron chi connectivity index (χ0n) is 17.7. The van der Waals surface area contributed by atoms with Gasteiger partial charge in [0.2, 0.25) is 15.9 Å². The average molecular weight is 493 g/mol. The maximum Gasteiger partial charge on any atom is 0.341 e. The van der Waals surface area contributed by atoms with Gasteiger partial charge in [0.25, 0.3) is 0 Å². The minimum absolute atomic E-state index is 0.0421. The number of esters is 1. The lowest BCUT2D eigenvalue weighted by Crippen LogP contribution is -2.44. The van der Waals surface area contributed by atoms with E-state index in [0.29, 0.717) is 36.2 Å². The number of hydrogen-bond acceptors (Lipinski definition) is 8. The van der Waals surface area contributed by atoms with Gasteiger partial charge in [-0.3, -0.25) is 4.79 Å². The fourth-order valence-corrected chi connectivity index (χ4v) is 8.57. The molecule has 0 radical (unpaired) electrons. The normalized spacial score (nSPS) is 21.3. The molecular formula is C19H28N2O7S3. The lowest BCUT2D eigenvalue weighted by Gasteiger charge is -2.31.